The number of benzene rings is 2. The quantitative estimate of drug-likeness (QED) is 0.460. The van der Waals surface area contributed by atoms with E-state index in [4.69, 9.17) is 4.74 Å². The molecule has 9 heteroatoms. The standard InChI is InChI=1S/C22H17F3N4O2/c1-26-21-16-8-13(15-6-5-14(23)10-17(15)31-22(24)25)9-18(30-2)19(16)28-20(29-21)12-4-3-7-27-11-12/h3-11,22H,1-2H3,(H,26,28,29). The fraction of sp³-hybridized carbons (Fsp3) is 0.136. The summed E-state index contributed by atoms with van der Waals surface area (Å²) < 4.78 is 49.4. The SMILES string of the molecule is CNc1nc(-c2cccnc2)nc2c(OC)cc(-c3ccc(F)cc3OC(F)F)cc12. The van der Waals surface area contributed by atoms with Gasteiger partial charge in [-0.2, -0.15) is 8.78 Å². The van der Waals surface area contributed by atoms with Crippen molar-refractivity contribution in [3.8, 4) is 34.0 Å². The van der Waals surface area contributed by atoms with Crippen molar-refractivity contribution in [3.63, 3.8) is 0 Å². The molecule has 0 amide bonds. The van der Waals surface area contributed by atoms with Crippen molar-refractivity contribution < 1.29 is 22.6 Å². The van der Waals surface area contributed by atoms with E-state index >= 15 is 0 Å². The van der Waals surface area contributed by atoms with E-state index in [0.717, 1.165) is 11.6 Å². The van der Waals surface area contributed by atoms with Gasteiger partial charge in [-0.25, -0.2) is 14.4 Å². The molecule has 2 aromatic heterocycles. The highest BCUT2D eigenvalue weighted by Gasteiger charge is 2.18. The number of anilines is 1. The van der Waals surface area contributed by atoms with E-state index in [1.807, 2.05) is 6.07 Å². The van der Waals surface area contributed by atoms with Gasteiger partial charge in [-0.15, -0.1) is 0 Å². The summed E-state index contributed by atoms with van der Waals surface area (Å²) in [5, 5.41) is 3.62. The monoisotopic (exact) mass is 426 g/mol. The predicted octanol–water partition coefficient (Wildman–Crippen LogP) is 5.15. The fourth-order valence-electron chi connectivity index (χ4n) is 3.25. The molecule has 2 heterocycles. The van der Waals surface area contributed by atoms with Crippen LogP contribution in [0.1, 0.15) is 0 Å². The van der Waals surface area contributed by atoms with Crippen LogP contribution in [0.25, 0.3) is 33.4 Å². The highest BCUT2D eigenvalue weighted by molar-refractivity contribution is 5.98. The number of nitrogens with one attached hydrogen (secondary N) is 1. The Bertz CT molecular complexity index is 1240. The first-order valence-corrected chi connectivity index (χ1v) is 9.23. The Morgan fingerprint density at radius 1 is 1.00 bits per heavy atom. The molecule has 2 aromatic carbocycles. The van der Waals surface area contributed by atoms with Gasteiger partial charge in [-0.3, -0.25) is 4.98 Å². The lowest BCUT2D eigenvalue weighted by molar-refractivity contribution is -0.0495. The summed E-state index contributed by atoms with van der Waals surface area (Å²) in [6, 6.07) is 10.4. The third-order valence-electron chi connectivity index (χ3n) is 4.61. The summed E-state index contributed by atoms with van der Waals surface area (Å²) in [6.07, 6.45) is 3.30. The summed E-state index contributed by atoms with van der Waals surface area (Å²) >= 11 is 0. The second-order valence-electron chi connectivity index (χ2n) is 6.48. The minimum Gasteiger partial charge on any atom is -0.494 e. The van der Waals surface area contributed by atoms with E-state index in [0.29, 0.717) is 33.9 Å². The van der Waals surface area contributed by atoms with Crippen LogP contribution in [-0.2, 0) is 0 Å². The number of ether oxygens (including phenoxy) is 2. The van der Waals surface area contributed by atoms with Crippen LogP contribution in [0, 0.1) is 5.82 Å². The summed E-state index contributed by atoms with van der Waals surface area (Å²) in [5.74, 6) is 0.369. The fourth-order valence-corrected chi connectivity index (χ4v) is 3.25. The lowest BCUT2D eigenvalue weighted by Gasteiger charge is -2.15. The molecule has 0 aliphatic rings. The molecule has 0 saturated carbocycles. The molecule has 1 N–H and O–H groups in total. The molecule has 0 fully saturated rings. The molecule has 4 rings (SSSR count). The number of methoxy groups -OCH3 is 1. The second-order valence-corrected chi connectivity index (χ2v) is 6.48. The Morgan fingerprint density at radius 3 is 2.52 bits per heavy atom. The van der Waals surface area contributed by atoms with Crippen molar-refractivity contribution in [1.82, 2.24) is 15.0 Å². The van der Waals surface area contributed by atoms with Crippen LogP contribution in [0.2, 0.25) is 0 Å². The van der Waals surface area contributed by atoms with Crippen LogP contribution in [0.15, 0.2) is 54.9 Å². The van der Waals surface area contributed by atoms with Crippen LogP contribution in [0.3, 0.4) is 0 Å². The Labute approximate surface area is 175 Å². The van der Waals surface area contributed by atoms with Gasteiger partial charge >= 0.3 is 6.61 Å². The van der Waals surface area contributed by atoms with Crippen LogP contribution >= 0.6 is 0 Å². The third kappa shape index (κ3) is 4.07. The molecule has 0 aliphatic heterocycles. The number of rotatable bonds is 6. The Hall–Kier alpha value is -3.88. The van der Waals surface area contributed by atoms with Crippen molar-refractivity contribution in [2.45, 2.75) is 6.61 Å². The van der Waals surface area contributed by atoms with Gasteiger partial charge < -0.3 is 14.8 Å². The molecule has 0 unspecified atom stereocenters. The van der Waals surface area contributed by atoms with Crippen LogP contribution < -0.4 is 14.8 Å². The molecule has 4 aromatic rings. The van der Waals surface area contributed by atoms with Crippen LogP contribution in [0.4, 0.5) is 19.0 Å². The van der Waals surface area contributed by atoms with E-state index < -0.39 is 12.4 Å². The van der Waals surface area contributed by atoms with Gasteiger partial charge in [0.2, 0.25) is 0 Å². The average Bonchev–Trinajstić information content (AvgIpc) is 2.78. The highest BCUT2D eigenvalue weighted by Crippen LogP contribution is 2.39. The summed E-state index contributed by atoms with van der Waals surface area (Å²) in [4.78, 5) is 13.3. The van der Waals surface area contributed by atoms with Gasteiger partial charge in [0.25, 0.3) is 0 Å². The zero-order valence-corrected chi connectivity index (χ0v) is 16.6. The molecule has 0 saturated heterocycles. The van der Waals surface area contributed by atoms with Crippen molar-refractivity contribution >= 4 is 16.7 Å². The van der Waals surface area contributed by atoms with Crippen molar-refractivity contribution in [2.75, 3.05) is 19.5 Å². The number of alkyl halides is 2. The van der Waals surface area contributed by atoms with Gasteiger partial charge in [0.1, 0.15) is 28.7 Å². The maximum absolute atomic E-state index is 13.7. The van der Waals surface area contributed by atoms with Crippen LogP contribution in [-0.4, -0.2) is 35.7 Å². The number of fused-ring (bicyclic) bond motifs is 1. The lowest BCUT2D eigenvalue weighted by Crippen LogP contribution is -2.04. The normalized spacial score (nSPS) is 11.0. The largest absolute Gasteiger partial charge is 0.494 e. The molecular weight excluding hydrogens is 409 g/mol. The first kappa shape index (κ1) is 20.4. The van der Waals surface area contributed by atoms with Gasteiger partial charge in [-0.05, 0) is 42.0 Å². The first-order chi connectivity index (χ1) is 15.0. The van der Waals surface area contributed by atoms with Gasteiger partial charge in [0.05, 0.1) is 7.11 Å². The molecule has 6 nitrogen and oxygen atoms in total. The second kappa shape index (κ2) is 8.47. The van der Waals surface area contributed by atoms with Crippen molar-refractivity contribution in [1.29, 1.82) is 0 Å². The van der Waals surface area contributed by atoms with E-state index in [9.17, 15) is 13.2 Å². The molecule has 0 spiro atoms. The summed E-state index contributed by atoms with van der Waals surface area (Å²) in [7, 11) is 3.18. The van der Waals surface area contributed by atoms with Crippen molar-refractivity contribution in [3.05, 3.63) is 60.7 Å². The van der Waals surface area contributed by atoms with E-state index in [1.165, 1.54) is 19.2 Å². The molecule has 0 aliphatic carbocycles. The molecule has 0 atom stereocenters. The smallest absolute Gasteiger partial charge is 0.387 e. The summed E-state index contributed by atoms with van der Waals surface area (Å²) in [5.41, 5.74) is 2.00. The Kier molecular flexibility index (Phi) is 5.57. The maximum Gasteiger partial charge on any atom is 0.387 e. The molecule has 0 radical (unpaired) electrons. The Morgan fingerprint density at radius 2 is 1.84 bits per heavy atom. The van der Waals surface area contributed by atoms with E-state index in [2.05, 4.69) is 25.0 Å². The topological polar surface area (TPSA) is 69.2 Å². The van der Waals surface area contributed by atoms with Gasteiger partial charge in [-0.1, -0.05) is 0 Å². The van der Waals surface area contributed by atoms with E-state index in [-0.39, 0.29) is 11.3 Å². The maximum atomic E-state index is 13.7. The third-order valence-corrected chi connectivity index (χ3v) is 4.61. The minimum atomic E-state index is -3.10. The molecule has 31 heavy (non-hydrogen) atoms. The average molecular weight is 426 g/mol. The number of aromatic nitrogens is 3. The number of nitrogens with zero attached hydrogens (tertiary/aromatic N) is 3. The zero-order chi connectivity index (χ0) is 22.0. The first-order valence-electron chi connectivity index (χ1n) is 9.23. The zero-order valence-electron chi connectivity index (χ0n) is 16.6. The molecule has 158 valence electrons. The van der Waals surface area contributed by atoms with E-state index in [1.54, 1.807) is 37.6 Å². The number of halogens is 3. The highest BCUT2D eigenvalue weighted by atomic mass is 19.3. The minimum absolute atomic E-state index is 0.278. The van der Waals surface area contributed by atoms with Gasteiger partial charge in [0, 0.05) is 42.0 Å². The summed E-state index contributed by atoms with van der Waals surface area (Å²) in [6.45, 7) is -3.10. The van der Waals surface area contributed by atoms with Crippen molar-refractivity contribution in [2.24, 2.45) is 0 Å². The molecular formula is C22H17F3N4O2. The lowest BCUT2D eigenvalue weighted by atomic mass is 10.0. The number of pyridine rings is 1. The van der Waals surface area contributed by atoms with Gasteiger partial charge in [0.15, 0.2) is 5.82 Å². The number of hydrogen-bond donors (Lipinski definition) is 1. The Balaban J connectivity index is 1.95. The van der Waals surface area contributed by atoms with Crippen LogP contribution in [0.5, 0.6) is 11.5 Å². The predicted molar refractivity (Wildman–Crippen MR) is 111 cm³/mol. The number of hydrogen-bond acceptors (Lipinski definition) is 6. The molecule has 0 bridgehead atoms.